The summed E-state index contributed by atoms with van der Waals surface area (Å²) in [4.78, 5) is 0. The van der Waals surface area contributed by atoms with Gasteiger partial charge in [-0.3, -0.25) is 0 Å². The van der Waals surface area contributed by atoms with Crippen molar-refractivity contribution in [2.24, 2.45) is 5.92 Å². The third-order valence-corrected chi connectivity index (χ3v) is 3.63. The highest BCUT2D eigenvalue weighted by Crippen LogP contribution is 2.27. The molecule has 0 aromatic heterocycles. The fraction of sp³-hybridized carbons (Fsp3) is 0.333. The Morgan fingerprint density at radius 3 is 2.35 bits per heavy atom. The third kappa shape index (κ3) is 4.10. The summed E-state index contributed by atoms with van der Waals surface area (Å²) < 4.78 is 5.78. The van der Waals surface area contributed by atoms with Gasteiger partial charge in [-0.1, -0.05) is 42.5 Å². The zero-order valence-corrected chi connectivity index (χ0v) is 11.7. The number of hydrogen-bond acceptors (Lipinski definition) is 2. The molecule has 2 heteroatoms. The van der Waals surface area contributed by atoms with Crippen molar-refractivity contribution >= 4 is 0 Å². The van der Waals surface area contributed by atoms with Crippen LogP contribution in [0, 0.1) is 5.92 Å². The molecule has 0 aliphatic heterocycles. The number of benzene rings is 2. The second kappa shape index (κ2) is 6.58. The first kappa shape index (κ1) is 13.2. The van der Waals surface area contributed by atoms with Gasteiger partial charge in [0.2, 0.25) is 0 Å². The van der Waals surface area contributed by atoms with E-state index in [2.05, 4.69) is 41.7 Å². The molecule has 0 bridgehead atoms. The molecule has 0 saturated heterocycles. The van der Waals surface area contributed by atoms with Crippen molar-refractivity contribution in [2.45, 2.75) is 26.0 Å². The summed E-state index contributed by atoms with van der Waals surface area (Å²) in [6.07, 6.45) is 2.80. The van der Waals surface area contributed by atoms with Crippen LogP contribution in [-0.2, 0) is 13.2 Å². The lowest BCUT2D eigenvalue weighted by Gasteiger charge is -2.08. The van der Waals surface area contributed by atoms with Gasteiger partial charge >= 0.3 is 0 Å². The maximum atomic E-state index is 5.78. The number of rotatable bonds is 7. The van der Waals surface area contributed by atoms with E-state index in [4.69, 9.17) is 4.74 Å². The van der Waals surface area contributed by atoms with E-state index in [1.807, 2.05) is 18.2 Å². The molecule has 1 fully saturated rings. The Morgan fingerprint density at radius 1 is 0.900 bits per heavy atom. The first-order chi connectivity index (χ1) is 9.90. The van der Waals surface area contributed by atoms with E-state index in [0.717, 1.165) is 24.8 Å². The molecule has 2 aromatic carbocycles. The van der Waals surface area contributed by atoms with Crippen LogP contribution in [0.3, 0.4) is 0 Å². The van der Waals surface area contributed by atoms with Crippen molar-refractivity contribution < 1.29 is 4.74 Å². The number of hydrogen-bond donors (Lipinski definition) is 1. The molecular formula is C18H21NO. The average molecular weight is 267 g/mol. The largest absolute Gasteiger partial charge is 0.489 e. The van der Waals surface area contributed by atoms with Crippen LogP contribution in [0.4, 0.5) is 0 Å². The zero-order chi connectivity index (χ0) is 13.6. The summed E-state index contributed by atoms with van der Waals surface area (Å²) in [5.41, 5.74) is 2.51. The average Bonchev–Trinajstić information content (AvgIpc) is 3.32. The molecule has 104 valence electrons. The first-order valence-corrected chi connectivity index (χ1v) is 7.36. The molecule has 0 unspecified atom stereocenters. The molecule has 1 aliphatic carbocycles. The van der Waals surface area contributed by atoms with Crippen LogP contribution in [0.1, 0.15) is 24.0 Å². The molecule has 0 amide bonds. The van der Waals surface area contributed by atoms with Gasteiger partial charge in [0.15, 0.2) is 0 Å². The zero-order valence-electron chi connectivity index (χ0n) is 11.7. The van der Waals surface area contributed by atoms with Gasteiger partial charge in [0.05, 0.1) is 0 Å². The topological polar surface area (TPSA) is 21.3 Å². The van der Waals surface area contributed by atoms with Crippen LogP contribution in [0.25, 0.3) is 0 Å². The molecule has 0 spiro atoms. The fourth-order valence-electron chi connectivity index (χ4n) is 2.19. The Bertz CT molecular complexity index is 517. The van der Waals surface area contributed by atoms with Gasteiger partial charge in [0.25, 0.3) is 0 Å². The van der Waals surface area contributed by atoms with Crippen molar-refractivity contribution in [3.63, 3.8) is 0 Å². The van der Waals surface area contributed by atoms with Crippen molar-refractivity contribution in [1.29, 1.82) is 0 Å². The second-order valence-corrected chi connectivity index (χ2v) is 5.49. The summed E-state index contributed by atoms with van der Waals surface area (Å²) >= 11 is 0. The first-order valence-electron chi connectivity index (χ1n) is 7.36. The summed E-state index contributed by atoms with van der Waals surface area (Å²) in [5.74, 6) is 1.86. The highest BCUT2D eigenvalue weighted by molar-refractivity contribution is 5.27. The van der Waals surface area contributed by atoms with Gasteiger partial charge in [-0.2, -0.15) is 0 Å². The Hall–Kier alpha value is -1.80. The summed E-state index contributed by atoms with van der Waals surface area (Å²) in [7, 11) is 0. The molecule has 2 aromatic rings. The van der Waals surface area contributed by atoms with Crippen molar-refractivity contribution in [1.82, 2.24) is 5.32 Å². The Morgan fingerprint density at radius 2 is 1.65 bits per heavy atom. The summed E-state index contributed by atoms with van der Waals surface area (Å²) in [6, 6.07) is 18.6. The minimum atomic E-state index is 0.625. The van der Waals surface area contributed by atoms with Gasteiger partial charge < -0.3 is 10.1 Å². The van der Waals surface area contributed by atoms with E-state index in [-0.39, 0.29) is 0 Å². The van der Waals surface area contributed by atoms with E-state index < -0.39 is 0 Å². The molecule has 2 nitrogen and oxygen atoms in total. The van der Waals surface area contributed by atoms with E-state index in [1.54, 1.807) is 0 Å². The third-order valence-electron chi connectivity index (χ3n) is 3.63. The molecule has 3 rings (SSSR count). The fourth-order valence-corrected chi connectivity index (χ4v) is 2.19. The van der Waals surface area contributed by atoms with E-state index in [0.29, 0.717) is 6.61 Å². The maximum absolute atomic E-state index is 5.78. The standard InChI is InChI=1S/C18H21NO/c1-2-4-17(5-3-1)14-20-18-10-8-16(9-11-18)13-19-12-15-6-7-15/h1-5,8-11,15,19H,6-7,12-14H2. The lowest BCUT2D eigenvalue weighted by atomic mass is 10.2. The Labute approximate surface area is 120 Å². The highest BCUT2D eigenvalue weighted by atomic mass is 16.5. The van der Waals surface area contributed by atoms with Crippen LogP contribution < -0.4 is 10.1 Å². The quantitative estimate of drug-likeness (QED) is 0.824. The molecular weight excluding hydrogens is 246 g/mol. The van der Waals surface area contributed by atoms with Crippen molar-refractivity contribution in [3.05, 3.63) is 65.7 Å². The van der Waals surface area contributed by atoms with Crippen molar-refractivity contribution in [2.75, 3.05) is 6.54 Å². The van der Waals surface area contributed by atoms with Crippen LogP contribution in [0.2, 0.25) is 0 Å². The Kier molecular flexibility index (Phi) is 4.34. The monoisotopic (exact) mass is 267 g/mol. The van der Waals surface area contributed by atoms with Crippen molar-refractivity contribution in [3.8, 4) is 5.75 Å². The highest BCUT2D eigenvalue weighted by Gasteiger charge is 2.19. The van der Waals surface area contributed by atoms with E-state index >= 15 is 0 Å². The van der Waals surface area contributed by atoms with E-state index in [1.165, 1.54) is 24.0 Å². The minimum absolute atomic E-state index is 0.625. The summed E-state index contributed by atoms with van der Waals surface area (Å²) in [6.45, 7) is 2.74. The SMILES string of the molecule is c1ccc(COc2ccc(CNCC3CC3)cc2)cc1. The van der Waals surface area contributed by atoms with Gasteiger partial charge in [-0.15, -0.1) is 0 Å². The van der Waals surface area contributed by atoms with Crippen LogP contribution in [0.15, 0.2) is 54.6 Å². The van der Waals surface area contributed by atoms with Gasteiger partial charge in [0.1, 0.15) is 12.4 Å². The predicted octanol–water partition coefficient (Wildman–Crippen LogP) is 3.77. The lowest BCUT2D eigenvalue weighted by Crippen LogP contribution is -2.15. The molecule has 0 radical (unpaired) electrons. The van der Waals surface area contributed by atoms with Crippen LogP contribution >= 0.6 is 0 Å². The molecule has 0 heterocycles. The van der Waals surface area contributed by atoms with E-state index in [9.17, 15) is 0 Å². The smallest absolute Gasteiger partial charge is 0.119 e. The summed E-state index contributed by atoms with van der Waals surface area (Å²) in [5, 5.41) is 3.50. The molecule has 1 N–H and O–H groups in total. The Balaban J connectivity index is 1.45. The number of nitrogens with one attached hydrogen (secondary N) is 1. The van der Waals surface area contributed by atoms with Gasteiger partial charge in [0, 0.05) is 6.54 Å². The second-order valence-electron chi connectivity index (χ2n) is 5.49. The lowest BCUT2D eigenvalue weighted by molar-refractivity contribution is 0.306. The molecule has 0 atom stereocenters. The predicted molar refractivity (Wildman–Crippen MR) is 81.6 cm³/mol. The van der Waals surface area contributed by atoms with Crippen LogP contribution in [-0.4, -0.2) is 6.54 Å². The number of ether oxygens (including phenoxy) is 1. The van der Waals surface area contributed by atoms with Crippen LogP contribution in [0.5, 0.6) is 5.75 Å². The molecule has 1 saturated carbocycles. The normalized spacial score (nSPS) is 14.2. The van der Waals surface area contributed by atoms with Gasteiger partial charge in [-0.05, 0) is 48.6 Å². The minimum Gasteiger partial charge on any atom is -0.489 e. The maximum Gasteiger partial charge on any atom is 0.119 e. The molecule has 20 heavy (non-hydrogen) atoms. The molecule has 1 aliphatic rings. The van der Waals surface area contributed by atoms with Gasteiger partial charge in [-0.25, -0.2) is 0 Å².